The summed E-state index contributed by atoms with van der Waals surface area (Å²) in [5, 5.41) is 14.1. The molecule has 9 heteroatoms. The number of fused-ring (bicyclic) bond motifs is 1. The molecule has 176 valence electrons. The second-order valence-electron chi connectivity index (χ2n) is 10.4. The minimum Gasteiger partial charge on any atom is -0.394 e. The molecule has 0 bridgehead atoms. The molecule has 1 saturated heterocycles. The number of halogens is 1. The number of hydrogen-bond donors (Lipinski definition) is 2. The summed E-state index contributed by atoms with van der Waals surface area (Å²) >= 11 is 5.94. The van der Waals surface area contributed by atoms with Crippen molar-refractivity contribution in [2.45, 2.75) is 67.7 Å². The molecule has 1 spiro atoms. The highest BCUT2D eigenvalue weighted by atomic mass is 35.5. The van der Waals surface area contributed by atoms with E-state index in [1.165, 1.54) is 12.8 Å². The Balaban J connectivity index is 1.16. The quantitative estimate of drug-likeness (QED) is 0.664. The van der Waals surface area contributed by atoms with Crippen LogP contribution in [0, 0.1) is 5.41 Å². The number of pyridine rings is 1. The Bertz CT molecular complexity index is 1070. The Kier molecular flexibility index (Phi) is 5.38. The summed E-state index contributed by atoms with van der Waals surface area (Å²) in [5.74, 6) is 2.97. The molecule has 2 aromatic rings. The summed E-state index contributed by atoms with van der Waals surface area (Å²) in [5.41, 5.74) is 1.96. The predicted octanol–water partition coefficient (Wildman–Crippen LogP) is 3.68. The number of anilines is 2. The Morgan fingerprint density at radius 1 is 1.18 bits per heavy atom. The lowest BCUT2D eigenvalue weighted by Crippen LogP contribution is -2.58. The largest absolute Gasteiger partial charge is 0.394 e. The van der Waals surface area contributed by atoms with Gasteiger partial charge in [-0.25, -0.2) is 15.0 Å². The lowest BCUT2D eigenvalue weighted by molar-refractivity contribution is 0.125. The minimum atomic E-state index is -1.01. The normalized spacial score (nSPS) is 25.4. The average Bonchev–Trinajstić information content (AvgIpc) is 3.16. The van der Waals surface area contributed by atoms with Gasteiger partial charge in [-0.2, -0.15) is 0 Å². The number of nitrogens with one attached hydrogen (secondary N) is 1. The molecule has 2 N–H and O–H groups in total. The van der Waals surface area contributed by atoms with Crippen LogP contribution in [0.15, 0.2) is 23.4 Å². The van der Waals surface area contributed by atoms with E-state index in [9.17, 15) is 9.32 Å². The van der Waals surface area contributed by atoms with Gasteiger partial charge in [0.05, 0.1) is 44.2 Å². The van der Waals surface area contributed by atoms with Gasteiger partial charge in [-0.1, -0.05) is 11.6 Å². The third-order valence-electron chi connectivity index (χ3n) is 8.22. The maximum atomic E-state index is 12.7. The van der Waals surface area contributed by atoms with Crippen LogP contribution in [0.4, 0.5) is 11.5 Å². The SMILES string of the molecule is O=[S@]1CCc2nc(N3CC4(CCC(c5ncc(Cl)cn5)CC4)C3)cc(NC3(CO)CCC3)c21. The van der Waals surface area contributed by atoms with Gasteiger partial charge in [0.25, 0.3) is 0 Å². The van der Waals surface area contributed by atoms with E-state index < -0.39 is 10.8 Å². The Morgan fingerprint density at radius 2 is 1.91 bits per heavy atom. The van der Waals surface area contributed by atoms with E-state index in [1.807, 2.05) is 0 Å². The molecule has 4 heterocycles. The minimum absolute atomic E-state index is 0.109. The highest BCUT2D eigenvalue weighted by Crippen LogP contribution is 2.49. The van der Waals surface area contributed by atoms with Crippen molar-refractivity contribution < 1.29 is 9.32 Å². The van der Waals surface area contributed by atoms with E-state index >= 15 is 0 Å². The Labute approximate surface area is 201 Å². The van der Waals surface area contributed by atoms with Crippen molar-refractivity contribution in [3.8, 4) is 0 Å². The first-order valence-corrected chi connectivity index (χ1v) is 13.7. The second kappa shape index (κ2) is 8.17. The molecule has 0 amide bonds. The van der Waals surface area contributed by atoms with E-state index in [2.05, 4.69) is 26.3 Å². The van der Waals surface area contributed by atoms with Crippen LogP contribution in [0.2, 0.25) is 5.02 Å². The third kappa shape index (κ3) is 3.84. The van der Waals surface area contributed by atoms with Crippen LogP contribution in [0.25, 0.3) is 0 Å². The molecule has 0 radical (unpaired) electrons. The number of aromatic nitrogens is 3. The van der Waals surface area contributed by atoms with Crippen LogP contribution in [0.3, 0.4) is 0 Å². The number of aliphatic hydroxyl groups is 1. The van der Waals surface area contributed by atoms with Gasteiger partial charge >= 0.3 is 0 Å². The van der Waals surface area contributed by atoms with Gasteiger partial charge in [0.15, 0.2) is 0 Å². The number of aryl methyl sites for hydroxylation is 1. The Morgan fingerprint density at radius 3 is 2.55 bits per heavy atom. The molecule has 2 saturated carbocycles. The van der Waals surface area contributed by atoms with Crippen LogP contribution in [0.1, 0.15) is 62.4 Å². The first kappa shape index (κ1) is 21.7. The predicted molar refractivity (Wildman–Crippen MR) is 129 cm³/mol. The first-order chi connectivity index (χ1) is 16.0. The molecule has 0 aromatic carbocycles. The summed E-state index contributed by atoms with van der Waals surface area (Å²) in [6, 6.07) is 2.08. The van der Waals surface area contributed by atoms with E-state index in [4.69, 9.17) is 16.6 Å². The molecule has 7 nitrogen and oxygen atoms in total. The number of nitrogens with zero attached hydrogens (tertiary/aromatic N) is 4. The molecule has 6 rings (SSSR count). The molecule has 33 heavy (non-hydrogen) atoms. The number of rotatable bonds is 5. The summed E-state index contributed by atoms with van der Waals surface area (Å²) in [6.45, 7) is 2.14. The molecule has 0 unspecified atom stereocenters. The lowest BCUT2D eigenvalue weighted by atomic mass is 9.65. The second-order valence-corrected chi connectivity index (χ2v) is 12.4. The topological polar surface area (TPSA) is 91.2 Å². The zero-order valence-electron chi connectivity index (χ0n) is 18.7. The van der Waals surface area contributed by atoms with Crippen molar-refractivity contribution in [2.24, 2.45) is 5.41 Å². The van der Waals surface area contributed by atoms with Gasteiger partial charge in [0.2, 0.25) is 0 Å². The molecule has 1 atom stereocenters. The first-order valence-electron chi connectivity index (χ1n) is 12.0. The number of hydrogen-bond acceptors (Lipinski definition) is 7. The zero-order chi connectivity index (χ0) is 22.6. The van der Waals surface area contributed by atoms with Crippen LogP contribution in [-0.2, 0) is 17.2 Å². The van der Waals surface area contributed by atoms with Crippen molar-refractivity contribution in [3.63, 3.8) is 0 Å². The summed E-state index contributed by atoms with van der Waals surface area (Å²) in [6.07, 6.45) is 11.7. The third-order valence-corrected chi connectivity index (χ3v) is 9.90. The maximum Gasteiger partial charge on any atom is 0.131 e. The highest BCUT2D eigenvalue weighted by molar-refractivity contribution is 7.85. The number of aliphatic hydroxyl groups excluding tert-OH is 1. The van der Waals surface area contributed by atoms with Gasteiger partial charge in [-0.15, -0.1) is 0 Å². The average molecular weight is 488 g/mol. The maximum absolute atomic E-state index is 12.7. The fourth-order valence-corrected chi connectivity index (χ4v) is 7.46. The van der Waals surface area contributed by atoms with Gasteiger partial charge in [-0.3, -0.25) is 4.21 Å². The molecule has 2 aliphatic heterocycles. The van der Waals surface area contributed by atoms with Crippen molar-refractivity contribution in [1.82, 2.24) is 15.0 Å². The smallest absolute Gasteiger partial charge is 0.131 e. The summed E-state index contributed by atoms with van der Waals surface area (Å²) in [7, 11) is -1.01. The van der Waals surface area contributed by atoms with Gasteiger partial charge in [0.1, 0.15) is 11.6 Å². The van der Waals surface area contributed by atoms with E-state index in [1.54, 1.807) is 12.4 Å². The van der Waals surface area contributed by atoms with Gasteiger partial charge in [0, 0.05) is 55.1 Å². The molecule has 2 aliphatic carbocycles. The standard InChI is InChI=1S/C24H30ClN5O2S/c25-17-11-26-22(27-12-17)16-2-7-23(8-3-16)13-30(14-23)20-10-19(29-24(15-31)5-1-6-24)21-18(28-20)4-9-33(21)32/h10-12,16,31H,1-9,13-15H2,(H,28,29)/t33-/m0/s1. The Hall–Kier alpha value is -1.77. The fraction of sp³-hybridized carbons (Fsp3) is 0.625. The molecular formula is C24H30ClN5O2S. The summed E-state index contributed by atoms with van der Waals surface area (Å²) < 4.78 is 12.7. The van der Waals surface area contributed by atoms with Gasteiger partial charge in [-0.05, 0) is 44.9 Å². The van der Waals surface area contributed by atoms with Crippen molar-refractivity contribution >= 4 is 33.9 Å². The van der Waals surface area contributed by atoms with Crippen LogP contribution in [0.5, 0.6) is 0 Å². The van der Waals surface area contributed by atoms with E-state index in [-0.39, 0.29) is 12.1 Å². The van der Waals surface area contributed by atoms with E-state index in [0.29, 0.717) is 22.1 Å². The monoisotopic (exact) mass is 487 g/mol. The van der Waals surface area contributed by atoms with Crippen molar-refractivity contribution in [3.05, 3.63) is 35.0 Å². The lowest BCUT2D eigenvalue weighted by Gasteiger charge is -2.54. The fourth-order valence-electron chi connectivity index (χ4n) is 6.02. The molecule has 3 fully saturated rings. The van der Waals surface area contributed by atoms with Crippen LogP contribution < -0.4 is 10.2 Å². The van der Waals surface area contributed by atoms with Gasteiger partial charge < -0.3 is 15.3 Å². The van der Waals surface area contributed by atoms with Crippen LogP contribution >= 0.6 is 11.6 Å². The van der Waals surface area contributed by atoms with Crippen molar-refractivity contribution in [2.75, 3.05) is 35.7 Å². The molecule has 2 aromatic heterocycles. The van der Waals surface area contributed by atoms with Crippen LogP contribution in [-0.4, -0.2) is 55.3 Å². The molecule has 4 aliphatic rings. The zero-order valence-corrected chi connectivity index (χ0v) is 20.3. The summed E-state index contributed by atoms with van der Waals surface area (Å²) in [4.78, 5) is 17.0. The highest BCUT2D eigenvalue weighted by Gasteiger charge is 2.47. The van der Waals surface area contributed by atoms with Crippen molar-refractivity contribution in [1.29, 1.82) is 0 Å². The van der Waals surface area contributed by atoms with E-state index in [0.717, 1.165) is 79.5 Å². The molecular weight excluding hydrogens is 458 g/mol.